The van der Waals surface area contributed by atoms with Crippen LogP contribution >= 0.6 is 0 Å². The molecule has 2 aliphatic carbocycles. The molecule has 208 valence electrons. The molecule has 0 saturated carbocycles. The normalized spacial score (nSPS) is 14.1. The van der Waals surface area contributed by atoms with Crippen molar-refractivity contribution in [2.24, 2.45) is 0 Å². The van der Waals surface area contributed by atoms with E-state index in [1.54, 1.807) is 19.9 Å². The van der Waals surface area contributed by atoms with Gasteiger partial charge >= 0.3 is 248 Å². The molecule has 5 aromatic rings. The third-order valence-electron chi connectivity index (χ3n) is 8.74. The van der Waals surface area contributed by atoms with Crippen molar-refractivity contribution in [1.82, 2.24) is 0 Å². The Morgan fingerprint density at radius 2 is 1.05 bits per heavy atom. The number of halogens is 2. The van der Waals surface area contributed by atoms with Crippen molar-refractivity contribution >= 4 is 9.28 Å². The molecule has 0 fully saturated rings. The fraction of sp³-hybridized carbons (Fsp3) is 0.154. The molecule has 0 aliphatic heterocycles. The van der Waals surface area contributed by atoms with Crippen LogP contribution in [0.25, 0.3) is 17.2 Å². The molecule has 1 atom stereocenters. The van der Waals surface area contributed by atoms with Crippen LogP contribution in [0.5, 0.6) is 0 Å². The first-order valence-electron chi connectivity index (χ1n) is 14.4. The predicted molar refractivity (Wildman–Crippen MR) is 167 cm³/mol. The van der Waals surface area contributed by atoms with Crippen molar-refractivity contribution < 1.29 is 46.1 Å². The van der Waals surface area contributed by atoms with E-state index in [2.05, 4.69) is 149 Å². The van der Waals surface area contributed by atoms with Gasteiger partial charge in [0.2, 0.25) is 0 Å². The summed E-state index contributed by atoms with van der Waals surface area (Å²) in [6, 6.07) is 41.8. The van der Waals surface area contributed by atoms with Crippen molar-refractivity contribution in [2.45, 2.75) is 34.9 Å². The molecule has 2 aliphatic rings. The van der Waals surface area contributed by atoms with E-state index < -0.39 is 21.3 Å². The smallest absolute Gasteiger partial charge is 1.00 e. The minimum Gasteiger partial charge on any atom is -1.00 e. The van der Waals surface area contributed by atoms with Crippen molar-refractivity contribution in [1.29, 1.82) is 0 Å². The summed E-state index contributed by atoms with van der Waals surface area (Å²) in [6.45, 7) is 9.06. The van der Waals surface area contributed by atoms with Crippen LogP contribution in [-0.4, -0.2) is 3.21 Å². The maximum Gasteiger partial charge on any atom is -1.00 e. The molecule has 7 rings (SSSR count). The van der Waals surface area contributed by atoms with E-state index in [0.29, 0.717) is 7.25 Å². The third-order valence-corrected chi connectivity index (χ3v) is 17.5. The third kappa shape index (κ3) is 5.26. The molecule has 3 heteroatoms. The molecule has 0 saturated heterocycles. The number of benzene rings is 5. The summed E-state index contributed by atoms with van der Waals surface area (Å²) in [5.41, 5.74) is 17.2. The minimum absolute atomic E-state index is 0. The van der Waals surface area contributed by atoms with Crippen LogP contribution in [0.15, 0.2) is 115 Å². The van der Waals surface area contributed by atoms with E-state index in [1.165, 1.54) is 50.1 Å². The number of allylic oxidation sites excluding steroid dienone is 1. The van der Waals surface area contributed by atoms with Gasteiger partial charge in [-0.05, 0) is 0 Å². The van der Waals surface area contributed by atoms with E-state index in [0.717, 1.165) is 0 Å². The first kappa shape index (κ1) is 30.6. The van der Waals surface area contributed by atoms with Crippen LogP contribution in [0.4, 0.5) is 0 Å². The molecule has 0 amide bonds. The predicted octanol–water partition coefficient (Wildman–Crippen LogP) is 3.65. The average molecular weight is 665 g/mol. The summed E-state index contributed by atoms with van der Waals surface area (Å²) in [5, 5.41) is 0. The van der Waals surface area contributed by atoms with Crippen LogP contribution < -0.4 is 24.8 Å². The molecule has 0 bridgehead atoms. The molecular weight excluding hydrogens is 631 g/mol. The van der Waals surface area contributed by atoms with E-state index in [1.807, 2.05) is 0 Å². The van der Waals surface area contributed by atoms with Gasteiger partial charge in [-0.25, -0.2) is 0 Å². The molecule has 0 N–H and O–H groups in total. The summed E-state index contributed by atoms with van der Waals surface area (Å²) in [7, 11) is 0. The average Bonchev–Trinajstić information content (AvgIpc) is 3.51. The van der Waals surface area contributed by atoms with E-state index in [-0.39, 0.29) is 24.8 Å². The van der Waals surface area contributed by atoms with Crippen molar-refractivity contribution in [2.75, 3.05) is 0 Å². The quantitative estimate of drug-likeness (QED) is 0.276. The van der Waals surface area contributed by atoms with E-state index in [4.69, 9.17) is 0 Å². The molecular formula is C39H34Cl2Zr. The van der Waals surface area contributed by atoms with Gasteiger partial charge in [0.25, 0.3) is 0 Å². The van der Waals surface area contributed by atoms with Gasteiger partial charge in [0, 0.05) is 0 Å². The Morgan fingerprint density at radius 1 is 0.548 bits per heavy atom. The zero-order chi connectivity index (χ0) is 27.4. The van der Waals surface area contributed by atoms with Gasteiger partial charge in [-0.1, -0.05) is 0 Å². The van der Waals surface area contributed by atoms with Crippen LogP contribution in [-0.2, 0) is 21.3 Å². The van der Waals surface area contributed by atoms with Gasteiger partial charge in [0.15, 0.2) is 0 Å². The first-order valence-corrected chi connectivity index (χ1v) is 18.4. The van der Waals surface area contributed by atoms with Crippen molar-refractivity contribution in [3.8, 4) is 11.1 Å². The number of hydrogen-bond acceptors (Lipinski definition) is 0. The zero-order valence-corrected chi connectivity index (χ0v) is 28.4. The van der Waals surface area contributed by atoms with Gasteiger partial charge in [-0.3, -0.25) is 0 Å². The molecule has 0 nitrogen and oxygen atoms in total. The Balaban J connectivity index is 0.00000176. The fourth-order valence-corrected chi connectivity index (χ4v) is 16.9. The first-order chi connectivity index (χ1) is 19.5. The summed E-state index contributed by atoms with van der Waals surface area (Å²) in [6.07, 6.45) is 5.02. The monoisotopic (exact) mass is 662 g/mol. The van der Waals surface area contributed by atoms with Crippen molar-refractivity contribution in [3.05, 3.63) is 171 Å². The van der Waals surface area contributed by atoms with Gasteiger partial charge in [-0.15, -0.1) is 0 Å². The molecule has 5 aromatic carbocycles. The van der Waals surface area contributed by atoms with Crippen molar-refractivity contribution in [3.63, 3.8) is 0 Å². The second kappa shape index (κ2) is 12.4. The maximum atomic E-state index is 2.58. The largest absolute Gasteiger partial charge is 1.00 e. The second-order valence-corrected chi connectivity index (χ2v) is 18.0. The number of rotatable bonds is 4. The second-order valence-electron chi connectivity index (χ2n) is 11.6. The number of hydrogen-bond donors (Lipinski definition) is 0. The summed E-state index contributed by atoms with van der Waals surface area (Å²) in [5.74, 6) is 0. The van der Waals surface area contributed by atoms with Gasteiger partial charge < -0.3 is 24.8 Å². The van der Waals surface area contributed by atoms with Gasteiger partial charge in [-0.2, -0.15) is 0 Å². The molecule has 0 heterocycles. The minimum atomic E-state index is -2.74. The Labute approximate surface area is 270 Å². The molecule has 0 aromatic heterocycles. The summed E-state index contributed by atoms with van der Waals surface area (Å²) in [4.78, 5) is 0. The summed E-state index contributed by atoms with van der Waals surface area (Å²) < 4.78 is 2.51. The Bertz CT molecular complexity index is 1740. The topological polar surface area (TPSA) is 0 Å². The van der Waals surface area contributed by atoms with E-state index >= 15 is 0 Å². The van der Waals surface area contributed by atoms with Crippen LogP contribution in [0.3, 0.4) is 0 Å². The van der Waals surface area contributed by atoms with Gasteiger partial charge in [0.1, 0.15) is 0 Å². The SMILES string of the molecule is Cc1cc(C)c2c(c1)[CH]([Zr+2](=[C](c1ccccc1)c1ccccc1)[CH]1c3cc(C)ccc3-c3ccc(C)cc31)C=C2.[Cl-].[Cl-]. The zero-order valence-electron chi connectivity index (χ0n) is 24.5. The van der Waals surface area contributed by atoms with Crippen LogP contribution in [0.1, 0.15) is 62.9 Å². The Kier molecular flexibility index (Phi) is 9.06. The Morgan fingerprint density at radius 3 is 1.57 bits per heavy atom. The van der Waals surface area contributed by atoms with Crippen LogP contribution in [0, 0.1) is 27.7 Å². The molecule has 0 radical (unpaired) electrons. The number of aryl methyl sites for hydroxylation is 4. The Hall–Kier alpha value is -2.83. The molecule has 0 spiro atoms. The standard InChI is InChI=1S/C15H13.C13H10.C11H11.2ClH.Zr/c1-10-3-5-14-12(7-10)9-13-8-11(2)4-6-15(13)14;1-3-7-12(8-4-1)11-13-9-5-2-6-10-13;1-8-6-9(2)11-5-3-4-10(11)7-8;;;/h3-9H,1-2H3;1-10H;3-7H,1-2H3;2*1H;/q;;;;;+2/p-2. The molecule has 1 unspecified atom stereocenters. The summed E-state index contributed by atoms with van der Waals surface area (Å²) >= 11 is -2.74. The maximum absolute atomic E-state index is 2.74. The van der Waals surface area contributed by atoms with Gasteiger partial charge in [0.05, 0.1) is 0 Å². The number of fused-ring (bicyclic) bond motifs is 4. The molecule has 42 heavy (non-hydrogen) atoms. The fourth-order valence-electron chi connectivity index (χ4n) is 7.09. The van der Waals surface area contributed by atoms with E-state index in [9.17, 15) is 0 Å². The van der Waals surface area contributed by atoms with Crippen LogP contribution in [0.2, 0.25) is 0 Å².